The molecule has 0 amide bonds. The number of thioether (sulfide) groups is 1. The summed E-state index contributed by atoms with van der Waals surface area (Å²) in [5.74, 6) is 0.854. The molecule has 1 fully saturated rings. The lowest BCUT2D eigenvalue weighted by Gasteiger charge is -2.31. The molecule has 0 bridgehead atoms. The second-order valence-corrected chi connectivity index (χ2v) is 6.66. The summed E-state index contributed by atoms with van der Waals surface area (Å²) in [6.07, 6.45) is 3.79. The average Bonchev–Trinajstić information content (AvgIpc) is 2.64. The standard InChI is InChI=1S/C11H17NS2/c1-8-4-5-9(12)10(7-8)14-11-3-2-6-13-11/h2-3,6,8-10H,4-5,7,12H2,1H3. The molecule has 3 heteroatoms. The lowest BCUT2D eigenvalue weighted by atomic mass is 9.87. The molecule has 2 N–H and O–H groups in total. The lowest BCUT2D eigenvalue weighted by Crippen LogP contribution is -2.37. The van der Waals surface area contributed by atoms with Crippen molar-refractivity contribution >= 4 is 23.1 Å². The van der Waals surface area contributed by atoms with Crippen molar-refractivity contribution in [2.24, 2.45) is 11.7 Å². The Bertz CT molecular complexity index is 271. The molecule has 1 aliphatic rings. The van der Waals surface area contributed by atoms with Crippen LogP contribution >= 0.6 is 23.1 Å². The zero-order chi connectivity index (χ0) is 9.97. The number of hydrogen-bond acceptors (Lipinski definition) is 3. The summed E-state index contributed by atoms with van der Waals surface area (Å²) in [7, 11) is 0. The van der Waals surface area contributed by atoms with Crippen LogP contribution in [-0.4, -0.2) is 11.3 Å². The molecule has 1 aromatic rings. The highest BCUT2D eigenvalue weighted by atomic mass is 32.2. The topological polar surface area (TPSA) is 26.0 Å². The molecule has 1 aliphatic carbocycles. The third-order valence-electron chi connectivity index (χ3n) is 2.87. The van der Waals surface area contributed by atoms with Gasteiger partial charge in [0, 0.05) is 11.3 Å². The quantitative estimate of drug-likeness (QED) is 0.838. The Balaban J connectivity index is 1.95. The van der Waals surface area contributed by atoms with Crippen LogP contribution in [0.5, 0.6) is 0 Å². The lowest BCUT2D eigenvalue weighted by molar-refractivity contribution is 0.357. The SMILES string of the molecule is CC1CCC(N)C(Sc2cccs2)C1. The first-order valence-corrected chi connectivity index (χ1v) is 6.97. The normalized spacial score (nSPS) is 33.1. The van der Waals surface area contributed by atoms with Crippen molar-refractivity contribution in [1.82, 2.24) is 0 Å². The van der Waals surface area contributed by atoms with Gasteiger partial charge in [0.25, 0.3) is 0 Å². The van der Waals surface area contributed by atoms with E-state index in [4.69, 9.17) is 5.73 Å². The molecule has 78 valence electrons. The van der Waals surface area contributed by atoms with Gasteiger partial charge in [-0.3, -0.25) is 0 Å². The van der Waals surface area contributed by atoms with Crippen molar-refractivity contribution in [3.8, 4) is 0 Å². The highest BCUT2D eigenvalue weighted by Crippen LogP contribution is 2.37. The summed E-state index contributed by atoms with van der Waals surface area (Å²) in [5, 5.41) is 2.78. The Labute approximate surface area is 94.1 Å². The molecule has 1 nitrogen and oxygen atoms in total. The highest BCUT2D eigenvalue weighted by Gasteiger charge is 2.26. The fraction of sp³-hybridized carbons (Fsp3) is 0.636. The summed E-state index contributed by atoms with van der Waals surface area (Å²) in [6.45, 7) is 2.34. The smallest absolute Gasteiger partial charge is 0.0601 e. The monoisotopic (exact) mass is 227 g/mol. The van der Waals surface area contributed by atoms with Gasteiger partial charge in [-0.15, -0.1) is 23.1 Å². The van der Waals surface area contributed by atoms with E-state index in [1.165, 1.54) is 23.5 Å². The molecule has 1 heterocycles. The molecule has 0 radical (unpaired) electrons. The summed E-state index contributed by atoms with van der Waals surface area (Å²) >= 11 is 3.80. The van der Waals surface area contributed by atoms with Gasteiger partial charge in [0.05, 0.1) is 4.21 Å². The predicted molar refractivity (Wildman–Crippen MR) is 65.0 cm³/mol. The zero-order valence-corrected chi connectivity index (χ0v) is 10.1. The molecule has 1 aromatic heterocycles. The van der Waals surface area contributed by atoms with E-state index in [1.807, 2.05) is 23.1 Å². The molecule has 2 rings (SSSR count). The van der Waals surface area contributed by atoms with E-state index in [1.54, 1.807) is 0 Å². The number of hydrogen-bond donors (Lipinski definition) is 1. The summed E-state index contributed by atoms with van der Waals surface area (Å²) in [5.41, 5.74) is 6.14. The van der Waals surface area contributed by atoms with Gasteiger partial charge in [-0.05, 0) is 36.6 Å². The molecule has 14 heavy (non-hydrogen) atoms. The van der Waals surface area contributed by atoms with E-state index in [9.17, 15) is 0 Å². The maximum Gasteiger partial charge on any atom is 0.0601 e. The minimum absolute atomic E-state index is 0.401. The van der Waals surface area contributed by atoms with Crippen LogP contribution in [0.25, 0.3) is 0 Å². The Morgan fingerprint density at radius 1 is 1.50 bits per heavy atom. The maximum atomic E-state index is 6.14. The van der Waals surface area contributed by atoms with Crippen LogP contribution in [0.1, 0.15) is 26.2 Å². The van der Waals surface area contributed by atoms with Gasteiger partial charge in [0.15, 0.2) is 0 Å². The van der Waals surface area contributed by atoms with Crippen LogP contribution in [0.3, 0.4) is 0 Å². The van der Waals surface area contributed by atoms with E-state index < -0.39 is 0 Å². The minimum atomic E-state index is 0.401. The van der Waals surface area contributed by atoms with Gasteiger partial charge in [-0.2, -0.15) is 0 Å². The van der Waals surface area contributed by atoms with Crippen LogP contribution < -0.4 is 5.73 Å². The van der Waals surface area contributed by atoms with Crippen LogP contribution in [0.4, 0.5) is 0 Å². The first kappa shape index (κ1) is 10.5. The van der Waals surface area contributed by atoms with E-state index >= 15 is 0 Å². The number of thiophene rings is 1. The van der Waals surface area contributed by atoms with Crippen molar-refractivity contribution in [3.05, 3.63) is 17.5 Å². The zero-order valence-electron chi connectivity index (χ0n) is 8.48. The van der Waals surface area contributed by atoms with E-state index in [-0.39, 0.29) is 0 Å². The molecule has 0 saturated heterocycles. The summed E-state index contributed by atoms with van der Waals surface area (Å²) in [6, 6.07) is 4.71. The molecule has 1 saturated carbocycles. The Kier molecular flexibility index (Phi) is 3.52. The van der Waals surface area contributed by atoms with Gasteiger partial charge < -0.3 is 5.73 Å². The van der Waals surface area contributed by atoms with Crippen molar-refractivity contribution in [2.75, 3.05) is 0 Å². The summed E-state index contributed by atoms with van der Waals surface area (Å²) in [4.78, 5) is 0. The predicted octanol–water partition coefficient (Wildman–Crippen LogP) is 3.36. The van der Waals surface area contributed by atoms with Crippen molar-refractivity contribution in [2.45, 2.75) is 41.7 Å². The number of nitrogens with two attached hydrogens (primary N) is 1. The Morgan fingerprint density at radius 3 is 3.07 bits per heavy atom. The van der Waals surface area contributed by atoms with Crippen molar-refractivity contribution < 1.29 is 0 Å². The van der Waals surface area contributed by atoms with Gasteiger partial charge >= 0.3 is 0 Å². The van der Waals surface area contributed by atoms with Crippen LogP contribution in [-0.2, 0) is 0 Å². The minimum Gasteiger partial charge on any atom is -0.327 e. The Morgan fingerprint density at radius 2 is 2.36 bits per heavy atom. The van der Waals surface area contributed by atoms with Crippen molar-refractivity contribution in [1.29, 1.82) is 0 Å². The Hall–Kier alpha value is 0.01000. The number of rotatable bonds is 2. The van der Waals surface area contributed by atoms with Gasteiger partial charge in [-0.1, -0.05) is 13.0 Å². The van der Waals surface area contributed by atoms with E-state index in [0.717, 1.165) is 5.92 Å². The third kappa shape index (κ3) is 2.53. The van der Waals surface area contributed by atoms with Gasteiger partial charge in [-0.25, -0.2) is 0 Å². The highest BCUT2D eigenvalue weighted by molar-refractivity contribution is 8.01. The molecule has 0 aromatic carbocycles. The van der Waals surface area contributed by atoms with Crippen molar-refractivity contribution in [3.63, 3.8) is 0 Å². The maximum absolute atomic E-state index is 6.14. The molecular formula is C11H17NS2. The van der Waals surface area contributed by atoms with Crippen LogP contribution in [0.2, 0.25) is 0 Å². The second-order valence-electron chi connectivity index (χ2n) is 4.17. The van der Waals surface area contributed by atoms with Crippen LogP contribution in [0.15, 0.2) is 21.7 Å². The second kappa shape index (κ2) is 4.69. The largest absolute Gasteiger partial charge is 0.327 e. The van der Waals surface area contributed by atoms with E-state index in [2.05, 4.69) is 24.4 Å². The molecule has 3 atom stereocenters. The first-order valence-electron chi connectivity index (χ1n) is 5.21. The molecular weight excluding hydrogens is 210 g/mol. The molecule has 0 spiro atoms. The van der Waals surface area contributed by atoms with Gasteiger partial charge in [0.2, 0.25) is 0 Å². The molecule has 0 aliphatic heterocycles. The first-order chi connectivity index (χ1) is 6.75. The summed E-state index contributed by atoms with van der Waals surface area (Å²) < 4.78 is 1.42. The third-order valence-corrected chi connectivity index (χ3v) is 5.32. The van der Waals surface area contributed by atoms with Gasteiger partial charge in [0.1, 0.15) is 0 Å². The molecule has 3 unspecified atom stereocenters. The van der Waals surface area contributed by atoms with E-state index in [0.29, 0.717) is 11.3 Å². The average molecular weight is 227 g/mol. The fourth-order valence-electron chi connectivity index (χ4n) is 1.97. The fourth-order valence-corrected chi connectivity index (χ4v) is 4.37. The van der Waals surface area contributed by atoms with Crippen LogP contribution in [0, 0.1) is 5.92 Å².